The van der Waals surface area contributed by atoms with E-state index >= 15 is 0 Å². The molecule has 184 valence electrons. The van der Waals surface area contributed by atoms with E-state index in [0.717, 1.165) is 55.7 Å². The summed E-state index contributed by atoms with van der Waals surface area (Å²) in [5.74, 6) is 2.87. The van der Waals surface area contributed by atoms with Crippen LogP contribution in [0.2, 0.25) is 0 Å². The first-order valence-electron chi connectivity index (χ1n) is 12.8. The van der Waals surface area contributed by atoms with E-state index in [1.54, 1.807) is 18.2 Å². The predicted molar refractivity (Wildman–Crippen MR) is 134 cm³/mol. The van der Waals surface area contributed by atoms with E-state index in [1.165, 1.54) is 31.7 Å². The van der Waals surface area contributed by atoms with Gasteiger partial charge >= 0.3 is 0 Å². The Morgan fingerprint density at radius 1 is 0.771 bits per heavy atom. The first-order chi connectivity index (χ1) is 17.0. The summed E-state index contributed by atoms with van der Waals surface area (Å²) in [6, 6.07) is 11.4. The zero-order valence-corrected chi connectivity index (χ0v) is 20.3. The van der Waals surface area contributed by atoms with Gasteiger partial charge in [0.2, 0.25) is 0 Å². The third kappa shape index (κ3) is 6.26. The number of hydrogen-bond donors (Lipinski definition) is 0. The molecule has 0 bridgehead atoms. The van der Waals surface area contributed by atoms with Gasteiger partial charge in [0, 0.05) is 16.9 Å². The van der Waals surface area contributed by atoms with E-state index in [2.05, 4.69) is 24.8 Å². The lowest BCUT2D eigenvalue weighted by molar-refractivity contribution is 0.376. The molecule has 0 aliphatic heterocycles. The van der Waals surface area contributed by atoms with Crippen molar-refractivity contribution in [3.63, 3.8) is 0 Å². The molecule has 0 heterocycles. The molecule has 0 N–H and O–H groups in total. The van der Waals surface area contributed by atoms with Crippen LogP contribution in [0.5, 0.6) is 0 Å². The summed E-state index contributed by atoms with van der Waals surface area (Å²) in [5, 5.41) is 0.330. The number of hydrogen-bond acceptors (Lipinski definition) is 0. The van der Waals surface area contributed by atoms with Gasteiger partial charge in [-0.2, -0.15) is 0 Å². The lowest BCUT2D eigenvalue weighted by Gasteiger charge is -2.26. The summed E-state index contributed by atoms with van der Waals surface area (Å²) < 4.78 is 55.7. The van der Waals surface area contributed by atoms with Crippen LogP contribution in [0, 0.1) is 41.0 Å². The molecule has 35 heavy (non-hydrogen) atoms. The highest BCUT2D eigenvalue weighted by atomic mass is 19.2. The molecule has 1 saturated carbocycles. The smallest absolute Gasteiger partial charge is 0.195 e. The molecule has 0 atom stereocenters. The third-order valence-corrected chi connectivity index (χ3v) is 7.19. The number of benzene rings is 3. The molecular weight excluding hydrogens is 448 g/mol. The zero-order chi connectivity index (χ0) is 24.8. The van der Waals surface area contributed by atoms with Gasteiger partial charge in [-0.25, -0.2) is 17.6 Å². The van der Waals surface area contributed by atoms with E-state index in [0.29, 0.717) is 5.56 Å². The lowest BCUT2D eigenvalue weighted by atomic mass is 9.78. The van der Waals surface area contributed by atoms with Crippen molar-refractivity contribution in [2.75, 3.05) is 0 Å². The van der Waals surface area contributed by atoms with Crippen LogP contribution >= 0.6 is 0 Å². The Hall–Kier alpha value is -2.80. The lowest BCUT2D eigenvalue weighted by Crippen LogP contribution is -2.13. The largest absolute Gasteiger partial charge is 0.207 e. The average molecular weight is 481 g/mol. The second-order valence-electron chi connectivity index (χ2n) is 9.76. The minimum absolute atomic E-state index is 0.0412. The quantitative estimate of drug-likeness (QED) is 0.137. The molecule has 0 nitrogen and oxygen atoms in total. The standard InChI is InChI=1S/C31H32F4/c1-2-3-4-5-6-7-22-12-16-26(28(32)19-22)24-14-10-21(11-15-24)8-9-23-13-17-27-25(18-23)20-29(33)31(35)30(27)34/h12-13,16-21,24H,2-7,10-11,14-15H2,1H3. The van der Waals surface area contributed by atoms with Crippen molar-refractivity contribution < 1.29 is 17.6 Å². The number of fused-ring (bicyclic) bond motifs is 1. The molecule has 4 heteroatoms. The topological polar surface area (TPSA) is 0 Å². The van der Waals surface area contributed by atoms with Crippen LogP contribution in [0.3, 0.4) is 0 Å². The molecule has 0 aromatic heterocycles. The normalized spacial score (nSPS) is 17.9. The molecule has 1 fully saturated rings. The second kappa shape index (κ2) is 11.8. The van der Waals surface area contributed by atoms with Crippen LogP contribution in [-0.2, 0) is 6.42 Å². The predicted octanol–water partition coefficient (Wildman–Crippen LogP) is 9.23. The Kier molecular flexibility index (Phi) is 8.50. The van der Waals surface area contributed by atoms with Crippen molar-refractivity contribution in [1.29, 1.82) is 0 Å². The maximum atomic E-state index is 14.8. The molecule has 0 amide bonds. The van der Waals surface area contributed by atoms with Gasteiger partial charge in [0.05, 0.1) is 0 Å². The molecule has 4 rings (SSSR count). The SMILES string of the molecule is CCCCCCCc1ccc(C2CCC(C#Cc3ccc4c(F)c(F)c(F)cc4c3)CC2)c(F)c1. The van der Waals surface area contributed by atoms with Crippen molar-refractivity contribution in [2.24, 2.45) is 5.92 Å². The van der Waals surface area contributed by atoms with E-state index in [4.69, 9.17) is 0 Å². The van der Waals surface area contributed by atoms with Crippen LogP contribution in [0.25, 0.3) is 10.8 Å². The molecule has 1 aliphatic rings. The van der Waals surface area contributed by atoms with Gasteiger partial charge in [0.1, 0.15) is 5.82 Å². The molecule has 0 unspecified atom stereocenters. The number of unbranched alkanes of at least 4 members (excludes halogenated alkanes) is 4. The molecule has 0 radical (unpaired) electrons. The summed E-state index contributed by atoms with van der Waals surface area (Å²) in [4.78, 5) is 0. The van der Waals surface area contributed by atoms with Gasteiger partial charge in [-0.3, -0.25) is 0 Å². The monoisotopic (exact) mass is 480 g/mol. The molecule has 3 aromatic rings. The van der Waals surface area contributed by atoms with Gasteiger partial charge < -0.3 is 0 Å². The minimum Gasteiger partial charge on any atom is -0.207 e. The third-order valence-electron chi connectivity index (χ3n) is 7.19. The summed E-state index contributed by atoms with van der Waals surface area (Å²) >= 11 is 0. The Morgan fingerprint density at radius 2 is 1.54 bits per heavy atom. The van der Waals surface area contributed by atoms with Crippen LogP contribution in [0.1, 0.15) is 87.3 Å². The maximum Gasteiger partial charge on any atom is 0.195 e. The fourth-order valence-electron chi connectivity index (χ4n) is 5.11. The Bertz CT molecular complexity index is 1230. The van der Waals surface area contributed by atoms with Crippen molar-refractivity contribution in [3.8, 4) is 11.8 Å². The summed E-state index contributed by atoms with van der Waals surface area (Å²) in [7, 11) is 0. The molecule has 3 aromatic carbocycles. The van der Waals surface area contributed by atoms with Gasteiger partial charge in [-0.05, 0) is 85.2 Å². The Labute approximate surface area is 205 Å². The number of rotatable bonds is 7. The maximum absolute atomic E-state index is 14.8. The second-order valence-corrected chi connectivity index (χ2v) is 9.76. The molecule has 1 aliphatic carbocycles. The molecule has 0 spiro atoms. The van der Waals surface area contributed by atoms with Crippen LogP contribution < -0.4 is 0 Å². The van der Waals surface area contributed by atoms with Crippen molar-refractivity contribution in [1.82, 2.24) is 0 Å². The van der Waals surface area contributed by atoms with Crippen LogP contribution in [0.15, 0.2) is 42.5 Å². The first-order valence-corrected chi connectivity index (χ1v) is 12.8. The van der Waals surface area contributed by atoms with E-state index in [9.17, 15) is 17.6 Å². The zero-order valence-electron chi connectivity index (χ0n) is 20.3. The van der Waals surface area contributed by atoms with Gasteiger partial charge in [-0.1, -0.05) is 62.6 Å². The Balaban J connectivity index is 1.34. The average Bonchev–Trinajstić information content (AvgIpc) is 2.86. The van der Waals surface area contributed by atoms with Crippen LogP contribution in [0.4, 0.5) is 17.6 Å². The Morgan fingerprint density at radius 3 is 2.29 bits per heavy atom. The highest BCUT2D eigenvalue weighted by Crippen LogP contribution is 2.37. The molecular formula is C31H32F4. The highest BCUT2D eigenvalue weighted by molar-refractivity contribution is 5.84. The highest BCUT2D eigenvalue weighted by Gasteiger charge is 2.23. The van der Waals surface area contributed by atoms with Crippen LogP contribution in [-0.4, -0.2) is 0 Å². The van der Waals surface area contributed by atoms with Gasteiger partial charge in [0.25, 0.3) is 0 Å². The van der Waals surface area contributed by atoms with E-state index < -0.39 is 17.5 Å². The summed E-state index contributed by atoms with van der Waals surface area (Å²) in [5.41, 5.74) is 2.54. The van der Waals surface area contributed by atoms with E-state index in [1.807, 2.05) is 6.07 Å². The van der Waals surface area contributed by atoms with Crippen molar-refractivity contribution in [3.05, 3.63) is 82.4 Å². The van der Waals surface area contributed by atoms with E-state index in [-0.39, 0.29) is 28.4 Å². The van der Waals surface area contributed by atoms with Gasteiger partial charge in [-0.15, -0.1) is 0 Å². The van der Waals surface area contributed by atoms with Gasteiger partial charge in [0.15, 0.2) is 17.5 Å². The van der Waals surface area contributed by atoms with Crippen molar-refractivity contribution >= 4 is 10.8 Å². The molecule has 0 saturated heterocycles. The number of aryl methyl sites for hydroxylation is 1. The minimum atomic E-state index is -1.46. The van der Waals surface area contributed by atoms with Crippen molar-refractivity contribution in [2.45, 2.75) is 77.0 Å². The first kappa shape index (κ1) is 25.3. The summed E-state index contributed by atoms with van der Waals surface area (Å²) in [6.45, 7) is 2.20. The fraction of sp³-hybridized carbons (Fsp3) is 0.419. The number of halogens is 4. The summed E-state index contributed by atoms with van der Waals surface area (Å²) in [6.07, 6.45) is 10.5. The fourth-order valence-corrected chi connectivity index (χ4v) is 5.11.